The number of hydrogen-bond donors (Lipinski definition) is 1. The van der Waals surface area contributed by atoms with Crippen molar-refractivity contribution in [2.24, 2.45) is 0 Å². The van der Waals surface area contributed by atoms with Gasteiger partial charge in [0.25, 0.3) is 0 Å². The fourth-order valence-corrected chi connectivity index (χ4v) is 2.95. The molecular weight excluding hydrogens is 330 g/mol. The van der Waals surface area contributed by atoms with Crippen molar-refractivity contribution in [3.8, 4) is 0 Å². The average Bonchev–Trinajstić information content (AvgIpc) is 2.39. The molecule has 2 aromatic carbocycles. The Kier molecular flexibility index (Phi) is 5.30. The number of nitrogens with one attached hydrogen (secondary N) is 1. The van der Waals surface area contributed by atoms with Gasteiger partial charge in [-0.3, -0.25) is 0 Å². The van der Waals surface area contributed by atoms with Gasteiger partial charge in [-0.1, -0.05) is 45.9 Å². The summed E-state index contributed by atoms with van der Waals surface area (Å²) in [5, 5.41) is 3.55. The van der Waals surface area contributed by atoms with Crippen molar-refractivity contribution < 1.29 is 0 Å². The molecule has 0 atom stereocenters. The van der Waals surface area contributed by atoms with E-state index in [4.69, 9.17) is 0 Å². The number of halogens is 1. The van der Waals surface area contributed by atoms with Gasteiger partial charge in [0.1, 0.15) is 0 Å². The van der Waals surface area contributed by atoms with E-state index in [0.29, 0.717) is 0 Å². The zero-order valence-corrected chi connectivity index (χ0v) is 14.5. The average molecular weight is 350 g/mol. The summed E-state index contributed by atoms with van der Waals surface area (Å²) in [6.07, 6.45) is 0. The van der Waals surface area contributed by atoms with Gasteiger partial charge in [-0.25, -0.2) is 0 Å². The first kappa shape index (κ1) is 15.6. The quantitative estimate of drug-likeness (QED) is 0.783. The van der Waals surface area contributed by atoms with E-state index >= 15 is 0 Å². The van der Waals surface area contributed by atoms with Crippen molar-refractivity contribution in [2.45, 2.75) is 42.6 Å². The minimum Gasteiger partial charge on any atom is -0.308 e. The van der Waals surface area contributed by atoms with E-state index in [1.165, 1.54) is 15.4 Å². The Bertz CT molecular complexity index is 558. The first-order valence-electron chi connectivity index (χ1n) is 6.70. The molecule has 0 bridgehead atoms. The molecule has 0 saturated heterocycles. The summed E-state index contributed by atoms with van der Waals surface area (Å²) in [4.78, 5) is 2.57. The smallest absolute Gasteiger partial charge is 0.0221 e. The van der Waals surface area contributed by atoms with Crippen molar-refractivity contribution in [2.75, 3.05) is 0 Å². The van der Waals surface area contributed by atoms with E-state index in [2.05, 4.69) is 90.5 Å². The molecule has 0 aliphatic carbocycles. The molecule has 0 aromatic heterocycles. The molecule has 3 heteroatoms. The molecular formula is C17H20BrNS. The predicted octanol–water partition coefficient (Wildman–Crippen LogP) is 5.49. The molecule has 0 fully saturated rings. The van der Waals surface area contributed by atoms with Crippen LogP contribution in [0.25, 0.3) is 0 Å². The van der Waals surface area contributed by atoms with Gasteiger partial charge in [-0.05, 0) is 56.7 Å². The van der Waals surface area contributed by atoms with Crippen LogP contribution in [0.3, 0.4) is 0 Å². The van der Waals surface area contributed by atoms with E-state index < -0.39 is 0 Å². The summed E-state index contributed by atoms with van der Waals surface area (Å²) < 4.78 is 1.12. The maximum atomic E-state index is 3.55. The van der Waals surface area contributed by atoms with Gasteiger partial charge in [-0.15, -0.1) is 0 Å². The fraction of sp³-hybridized carbons (Fsp3) is 0.294. The Labute approximate surface area is 134 Å². The fourth-order valence-electron chi connectivity index (χ4n) is 1.74. The Morgan fingerprint density at radius 3 is 2.30 bits per heavy atom. The van der Waals surface area contributed by atoms with Crippen molar-refractivity contribution in [3.05, 3.63) is 58.6 Å². The lowest BCUT2D eigenvalue weighted by atomic mass is 10.1. The summed E-state index contributed by atoms with van der Waals surface area (Å²) in [6.45, 7) is 7.47. The van der Waals surface area contributed by atoms with Crippen LogP contribution >= 0.6 is 27.7 Å². The Hall–Kier alpha value is -0.770. The lowest BCUT2D eigenvalue weighted by Gasteiger charge is -2.21. The minimum atomic E-state index is 0.134. The summed E-state index contributed by atoms with van der Waals surface area (Å²) >= 11 is 5.29. The Morgan fingerprint density at radius 1 is 1.00 bits per heavy atom. The van der Waals surface area contributed by atoms with Gasteiger partial charge >= 0.3 is 0 Å². The monoisotopic (exact) mass is 349 g/mol. The number of hydrogen-bond acceptors (Lipinski definition) is 2. The predicted molar refractivity (Wildman–Crippen MR) is 91.3 cm³/mol. The summed E-state index contributed by atoms with van der Waals surface area (Å²) in [7, 11) is 0. The molecule has 0 spiro atoms. The highest BCUT2D eigenvalue weighted by Gasteiger charge is 2.10. The van der Waals surface area contributed by atoms with E-state index in [-0.39, 0.29) is 5.54 Å². The highest BCUT2D eigenvalue weighted by molar-refractivity contribution is 9.10. The number of rotatable bonds is 4. The zero-order chi connectivity index (χ0) is 14.6. The van der Waals surface area contributed by atoms with E-state index in [0.717, 1.165) is 11.0 Å². The van der Waals surface area contributed by atoms with Gasteiger partial charge in [-0.2, -0.15) is 0 Å². The largest absolute Gasteiger partial charge is 0.308 e. The van der Waals surface area contributed by atoms with Gasteiger partial charge in [0, 0.05) is 26.3 Å². The molecule has 0 radical (unpaired) electrons. The normalized spacial score (nSPS) is 11.6. The second kappa shape index (κ2) is 6.79. The summed E-state index contributed by atoms with van der Waals surface area (Å²) in [5.41, 5.74) is 1.48. The molecule has 0 heterocycles. The third kappa shape index (κ3) is 4.97. The summed E-state index contributed by atoms with van der Waals surface area (Å²) in [5.74, 6) is 0. The lowest BCUT2D eigenvalue weighted by Crippen LogP contribution is -2.35. The van der Waals surface area contributed by atoms with E-state index in [1.807, 2.05) is 11.8 Å². The topological polar surface area (TPSA) is 12.0 Å². The van der Waals surface area contributed by atoms with E-state index in [1.54, 1.807) is 0 Å². The van der Waals surface area contributed by atoms with Crippen LogP contribution in [0.1, 0.15) is 26.3 Å². The lowest BCUT2D eigenvalue weighted by molar-refractivity contribution is 0.422. The molecule has 0 unspecified atom stereocenters. The van der Waals surface area contributed by atoms with Crippen LogP contribution in [-0.2, 0) is 6.54 Å². The molecule has 0 amide bonds. The molecule has 2 aromatic rings. The molecule has 20 heavy (non-hydrogen) atoms. The molecule has 1 nitrogen and oxygen atoms in total. The van der Waals surface area contributed by atoms with Gasteiger partial charge < -0.3 is 5.32 Å². The van der Waals surface area contributed by atoms with Gasteiger partial charge in [0.2, 0.25) is 0 Å². The van der Waals surface area contributed by atoms with Crippen LogP contribution in [0.5, 0.6) is 0 Å². The van der Waals surface area contributed by atoms with Crippen molar-refractivity contribution in [1.29, 1.82) is 0 Å². The first-order chi connectivity index (χ1) is 9.44. The molecule has 1 N–H and O–H groups in total. The van der Waals surface area contributed by atoms with E-state index in [9.17, 15) is 0 Å². The standard InChI is InChI=1S/C17H20BrNS/c1-17(2,3)19-12-13-6-4-5-7-16(13)20-15-10-8-14(18)9-11-15/h4-11,19H,12H2,1-3H3. The van der Waals surface area contributed by atoms with Crippen molar-refractivity contribution in [3.63, 3.8) is 0 Å². The minimum absolute atomic E-state index is 0.134. The maximum absolute atomic E-state index is 3.55. The number of benzene rings is 2. The molecule has 0 aliphatic rings. The van der Waals surface area contributed by atoms with Crippen LogP contribution in [0.15, 0.2) is 62.8 Å². The van der Waals surface area contributed by atoms with Crippen LogP contribution in [-0.4, -0.2) is 5.54 Å². The molecule has 106 valence electrons. The van der Waals surface area contributed by atoms with Crippen LogP contribution in [0.2, 0.25) is 0 Å². The maximum Gasteiger partial charge on any atom is 0.0221 e. The second-order valence-electron chi connectivity index (χ2n) is 5.77. The highest BCUT2D eigenvalue weighted by Crippen LogP contribution is 2.31. The highest BCUT2D eigenvalue weighted by atomic mass is 79.9. The Morgan fingerprint density at radius 2 is 1.65 bits per heavy atom. The van der Waals surface area contributed by atoms with Crippen LogP contribution in [0, 0.1) is 0 Å². The van der Waals surface area contributed by atoms with Gasteiger partial charge in [0.15, 0.2) is 0 Å². The molecule has 0 saturated carbocycles. The first-order valence-corrected chi connectivity index (χ1v) is 8.31. The molecule has 2 rings (SSSR count). The third-order valence-electron chi connectivity index (χ3n) is 2.82. The third-order valence-corrected chi connectivity index (χ3v) is 4.48. The molecule has 0 aliphatic heterocycles. The second-order valence-corrected chi connectivity index (χ2v) is 7.80. The van der Waals surface area contributed by atoms with Gasteiger partial charge in [0.05, 0.1) is 0 Å². The zero-order valence-electron chi connectivity index (χ0n) is 12.1. The van der Waals surface area contributed by atoms with Crippen molar-refractivity contribution in [1.82, 2.24) is 5.32 Å². The van der Waals surface area contributed by atoms with Crippen LogP contribution < -0.4 is 5.32 Å². The van der Waals surface area contributed by atoms with Crippen molar-refractivity contribution >= 4 is 27.7 Å². The summed E-state index contributed by atoms with van der Waals surface area (Å²) in [6, 6.07) is 17.0. The van der Waals surface area contributed by atoms with Crippen LogP contribution in [0.4, 0.5) is 0 Å². The SMILES string of the molecule is CC(C)(C)NCc1ccccc1Sc1ccc(Br)cc1. The Balaban J connectivity index is 2.13.